The summed E-state index contributed by atoms with van der Waals surface area (Å²) in [6, 6.07) is 7.12. The molecule has 1 aromatic rings. The number of carbonyl (C=O) groups is 1. The van der Waals surface area contributed by atoms with E-state index in [1.54, 1.807) is 25.1 Å². The van der Waals surface area contributed by atoms with Gasteiger partial charge < -0.3 is 14.0 Å². The Labute approximate surface area is 144 Å². The summed E-state index contributed by atoms with van der Waals surface area (Å²) in [6.07, 6.45) is 0.599. The highest BCUT2D eigenvalue weighted by molar-refractivity contribution is 7.93. The molecule has 6 nitrogen and oxygen atoms in total. The molecule has 0 aliphatic carbocycles. The molecule has 132 valence electrons. The topological polar surface area (TPSA) is 74.2 Å². The zero-order valence-electron chi connectivity index (χ0n) is 15.0. The Morgan fingerprint density at radius 1 is 1.33 bits per heavy atom. The predicted octanol–water partition coefficient (Wildman–Crippen LogP) is 3.46. The van der Waals surface area contributed by atoms with Crippen LogP contribution >= 0.6 is 0 Å². The smallest absolute Gasteiger partial charge is 0.448 e. The number of carbonyl (C=O) groups excluding carboxylic acids is 1. The first-order valence-corrected chi connectivity index (χ1v) is 9.79. The molecule has 1 aromatic carbocycles. The van der Waals surface area contributed by atoms with Crippen LogP contribution in [0.2, 0.25) is 6.82 Å². The van der Waals surface area contributed by atoms with E-state index >= 15 is 0 Å². The molecule has 2 rings (SSSR count). The molecular formula is C16H24BNO5S. The van der Waals surface area contributed by atoms with E-state index in [1.165, 1.54) is 6.26 Å². The summed E-state index contributed by atoms with van der Waals surface area (Å²) in [5, 5.41) is 0. The first kappa shape index (κ1) is 19.0. The third-order valence-corrected chi connectivity index (χ3v) is 5.98. The monoisotopic (exact) mass is 353 g/mol. The molecule has 8 heteroatoms. The molecule has 0 spiro atoms. The highest BCUT2D eigenvalue weighted by Crippen LogP contribution is 2.45. The molecule has 1 fully saturated rings. The van der Waals surface area contributed by atoms with Crippen LogP contribution in [-0.4, -0.2) is 35.9 Å². The SMILES string of the molecule is CCOC(=O)N=S(C)(=O)c1cccc(C2(C)OB(C)OC2(C)C)c1. The van der Waals surface area contributed by atoms with Crippen molar-refractivity contribution in [2.75, 3.05) is 12.9 Å². The van der Waals surface area contributed by atoms with Crippen molar-refractivity contribution >= 4 is 22.9 Å². The highest BCUT2D eigenvalue weighted by atomic mass is 32.2. The van der Waals surface area contributed by atoms with Crippen LogP contribution < -0.4 is 0 Å². The normalized spacial score (nSPS) is 25.2. The van der Waals surface area contributed by atoms with Gasteiger partial charge in [0.1, 0.15) is 5.60 Å². The molecule has 1 heterocycles. The van der Waals surface area contributed by atoms with Crippen LogP contribution in [0.5, 0.6) is 0 Å². The number of amides is 1. The lowest BCUT2D eigenvalue weighted by Crippen LogP contribution is -2.42. The van der Waals surface area contributed by atoms with Gasteiger partial charge in [0.2, 0.25) is 0 Å². The lowest BCUT2D eigenvalue weighted by atomic mass is 9.81. The fraction of sp³-hybridized carbons (Fsp3) is 0.562. The van der Waals surface area contributed by atoms with Crippen LogP contribution in [0.25, 0.3) is 0 Å². The summed E-state index contributed by atoms with van der Waals surface area (Å²) >= 11 is 0. The average molecular weight is 353 g/mol. The lowest BCUT2D eigenvalue weighted by Gasteiger charge is -2.37. The van der Waals surface area contributed by atoms with Crippen LogP contribution in [0.4, 0.5) is 4.79 Å². The van der Waals surface area contributed by atoms with E-state index in [9.17, 15) is 9.00 Å². The maximum atomic E-state index is 12.8. The second-order valence-electron chi connectivity index (χ2n) is 6.47. The van der Waals surface area contributed by atoms with Crippen LogP contribution in [0, 0.1) is 0 Å². The second-order valence-corrected chi connectivity index (χ2v) is 8.73. The molecule has 1 saturated heterocycles. The third kappa shape index (κ3) is 3.50. The summed E-state index contributed by atoms with van der Waals surface area (Å²) in [4.78, 5) is 12.0. The van der Waals surface area contributed by atoms with Crippen molar-refractivity contribution in [3.05, 3.63) is 29.8 Å². The third-order valence-electron chi connectivity index (χ3n) is 4.35. The van der Waals surface area contributed by atoms with Crippen LogP contribution in [0.15, 0.2) is 33.5 Å². The molecule has 1 aliphatic heterocycles. The Morgan fingerprint density at radius 2 is 2.00 bits per heavy atom. The molecule has 0 aromatic heterocycles. The van der Waals surface area contributed by atoms with Gasteiger partial charge in [0.05, 0.1) is 21.9 Å². The van der Waals surface area contributed by atoms with E-state index in [0.717, 1.165) is 5.56 Å². The van der Waals surface area contributed by atoms with Gasteiger partial charge in [0.25, 0.3) is 0 Å². The number of rotatable bonds is 3. The van der Waals surface area contributed by atoms with Gasteiger partial charge in [-0.15, -0.1) is 4.36 Å². The Balaban J connectivity index is 2.47. The predicted molar refractivity (Wildman–Crippen MR) is 93.4 cm³/mol. The lowest BCUT2D eigenvalue weighted by molar-refractivity contribution is -0.0135. The van der Waals surface area contributed by atoms with Crippen molar-refractivity contribution in [1.29, 1.82) is 0 Å². The number of ether oxygens (including phenoxy) is 1. The van der Waals surface area contributed by atoms with Gasteiger partial charge in [-0.1, -0.05) is 12.1 Å². The van der Waals surface area contributed by atoms with Crippen LogP contribution in [-0.2, 0) is 29.4 Å². The summed E-state index contributed by atoms with van der Waals surface area (Å²) in [6.45, 7) is 9.55. The number of hydrogen-bond acceptors (Lipinski definition) is 5. The molecule has 2 unspecified atom stereocenters. The Morgan fingerprint density at radius 3 is 2.54 bits per heavy atom. The zero-order valence-corrected chi connectivity index (χ0v) is 15.8. The van der Waals surface area contributed by atoms with Crippen LogP contribution in [0.3, 0.4) is 0 Å². The standard InChI is InChI=1S/C16H24BNO5S/c1-7-21-14(19)18-24(6,20)13-10-8-9-12(11-13)16(4)15(2,3)22-17(5)23-16/h8-11H,7H2,1-6H3. The average Bonchev–Trinajstić information content (AvgIpc) is 2.67. The number of hydrogen-bond donors (Lipinski definition) is 0. The van der Waals surface area contributed by atoms with Gasteiger partial charge in [-0.25, -0.2) is 9.00 Å². The van der Waals surface area contributed by atoms with Crippen molar-refractivity contribution in [3.8, 4) is 0 Å². The summed E-state index contributed by atoms with van der Waals surface area (Å²) in [5.74, 6) is 0. The van der Waals surface area contributed by atoms with E-state index in [0.29, 0.717) is 4.90 Å². The maximum Gasteiger partial charge on any atom is 0.454 e. The van der Waals surface area contributed by atoms with Gasteiger partial charge >= 0.3 is 13.2 Å². The zero-order chi connectivity index (χ0) is 18.2. The van der Waals surface area contributed by atoms with Crippen LogP contribution in [0.1, 0.15) is 33.3 Å². The molecule has 1 aliphatic rings. The summed E-state index contributed by atoms with van der Waals surface area (Å²) < 4.78 is 33.2. The largest absolute Gasteiger partial charge is 0.454 e. The molecule has 0 N–H and O–H groups in total. The van der Waals surface area contributed by atoms with Crippen molar-refractivity contribution < 1.29 is 23.0 Å². The minimum absolute atomic E-state index is 0.188. The second kappa shape index (κ2) is 6.50. The van der Waals surface area contributed by atoms with Gasteiger partial charge in [0, 0.05) is 11.2 Å². The van der Waals surface area contributed by atoms with E-state index in [1.807, 2.05) is 33.7 Å². The van der Waals surface area contributed by atoms with Crippen molar-refractivity contribution in [3.63, 3.8) is 0 Å². The highest BCUT2D eigenvalue weighted by Gasteiger charge is 2.53. The molecule has 0 radical (unpaired) electrons. The summed E-state index contributed by atoms with van der Waals surface area (Å²) in [5.41, 5.74) is -0.442. The fourth-order valence-electron chi connectivity index (χ4n) is 2.81. The van der Waals surface area contributed by atoms with Gasteiger partial charge in [-0.05, 0) is 52.2 Å². The molecule has 0 bridgehead atoms. The molecular weight excluding hydrogens is 329 g/mol. The van der Waals surface area contributed by atoms with E-state index < -0.39 is 27.0 Å². The maximum absolute atomic E-state index is 12.8. The number of nitrogens with zero attached hydrogens (tertiary/aromatic N) is 1. The van der Waals surface area contributed by atoms with E-state index in [4.69, 9.17) is 14.0 Å². The van der Waals surface area contributed by atoms with Crippen molar-refractivity contribution in [2.24, 2.45) is 4.36 Å². The van der Waals surface area contributed by atoms with Gasteiger partial charge in [-0.2, -0.15) is 0 Å². The first-order valence-electron chi connectivity index (χ1n) is 7.87. The first-order chi connectivity index (χ1) is 11.0. The van der Waals surface area contributed by atoms with Crippen molar-refractivity contribution in [2.45, 2.75) is 50.6 Å². The fourth-order valence-corrected chi connectivity index (χ4v) is 3.93. The molecule has 0 saturated carbocycles. The summed E-state index contributed by atoms with van der Waals surface area (Å²) in [7, 11) is -3.25. The minimum Gasteiger partial charge on any atom is -0.448 e. The number of benzene rings is 1. The minimum atomic E-state index is -2.91. The van der Waals surface area contributed by atoms with Gasteiger partial charge in [-0.3, -0.25) is 0 Å². The van der Waals surface area contributed by atoms with Crippen molar-refractivity contribution in [1.82, 2.24) is 0 Å². The quantitative estimate of drug-likeness (QED) is 0.778. The molecule has 2 atom stereocenters. The molecule has 1 amide bonds. The Kier molecular flexibility index (Phi) is 5.13. The van der Waals surface area contributed by atoms with E-state index in [2.05, 4.69) is 4.36 Å². The molecule has 24 heavy (non-hydrogen) atoms. The Bertz CT molecular complexity index is 757. The Hall–Kier alpha value is -1.38. The van der Waals surface area contributed by atoms with Gasteiger partial charge in [0.15, 0.2) is 0 Å². The van der Waals surface area contributed by atoms with E-state index in [-0.39, 0.29) is 13.7 Å².